The average Bonchev–Trinajstić information content (AvgIpc) is 3.62. The summed E-state index contributed by atoms with van der Waals surface area (Å²) in [7, 11) is 1.87. The molecule has 1 aliphatic carbocycles. The Morgan fingerprint density at radius 1 is 1.18 bits per heavy atom. The van der Waals surface area contributed by atoms with E-state index in [2.05, 4.69) is 48.8 Å². The van der Waals surface area contributed by atoms with Crippen molar-refractivity contribution in [1.82, 2.24) is 14.8 Å². The van der Waals surface area contributed by atoms with Crippen molar-refractivity contribution in [1.29, 1.82) is 0 Å². The molecule has 1 amide bonds. The highest BCUT2D eigenvalue weighted by atomic mass is 16.5. The van der Waals surface area contributed by atoms with Gasteiger partial charge in [-0.2, -0.15) is 10.1 Å². The molecule has 1 saturated carbocycles. The van der Waals surface area contributed by atoms with Crippen molar-refractivity contribution in [3.8, 4) is 17.1 Å². The Kier molecular flexibility index (Phi) is 6.95. The van der Waals surface area contributed by atoms with Crippen LogP contribution in [-0.2, 0) is 7.05 Å². The smallest absolute Gasteiger partial charge is 0.280 e. The van der Waals surface area contributed by atoms with Gasteiger partial charge in [-0.1, -0.05) is 0 Å². The predicted molar refractivity (Wildman–Crippen MR) is 153 cm³/mol. The molecule has 1 atom stereocenters. The molecule has 4 N–H and O–H groups in total. The number of rotatable bonds is 5. The summed E-state index contributed by atoms with van der Waals surface area (Å²) in [6, 6.07) is 9.84. The number of fused-ring (bicyclic) bond motifs is 7. The Hall–Kier alpha value is -3.92. The number of benzene rings is 1. The third kappa shape index (κ3) is 5.34. The number of aliphatic imine (C=N–C) groups is 1. The van der Waals surface area contributed by atoms with Crippen LogP contribution in [0, 0.1) is 18.8 Å². The number of amides is 1. The summed E-state index contributed by atoms with van der Waals surface area (Å²) in [5.74, 6) is 2.09. The Balaban J connectivity index is 1.39. The topological polar surface area (TPSA) is 123 Å². The molecule has 204 valence electrons. The first kappa shape index (κ1) is 25.4. The molecule has 2 bridgehead atoms. The van der Waals surface area contributed by atoms with E-state index >= 15 is 0 Å². The van der Waals surface area contributed by atoms with Gasteiger partial charge < -0.3 is 26.0 Å². The lowest BCUT2D eigenvalue weighted by Crippen LogP contribution is -2.36. The summed E-state index contributed by atoms with van der Waals surface area (Å²) in [5.41, 5.74) is 11.3. The van der Waals surface area contributed by atoms with Gasteiger partial charge in [-0.05, 0) is 87.7 Å². The monoisotopic (exact) mass is 528 g/mol. The maximum Gasteiger partial charge on any atom is 0.280 e. The molecular weight excluding hydrogens is 492 g/mol. The predicted octanol–water partition coefficient (Wildman–Crippen LogP) is 4.18. The van der Waals surface area contributed by atoms with E-state index in [1.807, 2.05) is 14.0 Å². The number of guanidine groups is 1. The van der Waals surface area contributed by atoms with Crippen LogP contribution in [0.2, 0.25) is 0 Å². The van der Waals surface area contributed by atoms with Gasteiger partial charge in [0.1, 0.15) is 0 Å². The van der Waals surface area contributed by atoms with Gasteiger partial charge in [-0.25, -0.2) is 4.68 Å². The standard InChI is InChI=1S/C29H36N8O2/c1-18-13-21-14-24(33-18)23-16-32-36(2)28(23)39-12-3-5-20(19-6-7-19)17-37-26-9-8-22(31-11-4-10-30)15-25(26)34-29(37)35-27(21)38/h8-9,13-16,19-20,31H,3-7,10-12,17,30H2,1-2H3,(H,34,35,38)/t20-/m1/s1. The van der Waals surface area contributed by atoms with Crippen molar-refractivity contribution in [2.24, 2.45) is 29.6 Å². The maximum atomic E-state index is 13.6. The second kappa shape index (κ2) is 10.7. The Morgan fingerprint density at radius 2 is 2.05 bits per heavy atom. The van der Waals surface area contributed by atoms with Gasteiger partial charge in [0.25, 0.3) is 5.91 Å². The Labute approximate surface area is 228 Å². The summed E-state index contributed by atoms with van der Waals surface area (Å²) in [4.78, 5) is 25.1. The minimum atomic E-state index is -0.312. The van der Waals surface area contributed by atoms with E-state index in [0.717, 1.165) is 60.7 Å². The SMILES string of the molecule is Cc1cc2cc(n1)-c1cnn(C)c1OCCC[C@@H](C1CC1)CN1/C(=N/C2=O)Nc2cc(NCCCN)ccc21. The quantitative estimate of drug-likeness (QED) is 0.422. The molecule has 10 heteroatoms. The maximum absolute atomic E-state index is 13.6. The van der Waals surface area contributed by atoms with Gasteiger partial charge in [0.15, 0.2) is 0 Å². The van der Waals surface area contributed by atoms with E-state index in [4.69, 9.17) is 10.5 Å². The van der Waals surface area contributed by atoms with Crippen LogP contribution in [0.25, 0.3) is 11.3 Å². The number of aromatic nitrogens is 3. The van der Waals surface area contributed by atoms with E-state index in [9.17, 15) is 4.79 Å². The number of nitrogens with zero attached hydrogens (tertiary/aromatic N) is 5. The fourth-order valence-corrected chi connectivity index (χ4v) is 5.55. The molecule has 1 aromatic carbocycles. The number of aryl methyl sites for hydroxylation is 2. The molecule has 0 spiro atoms. The molecule has 0 saturated heterocycles. The number of carbonyl (C=O) groups is 1. The van der Waals surface area contributed by atoms with Gasteiger partial charge in [0.05, 0.1) is 35.4 Å². The Bertz CT molecular complexity index is 1410. The number of pyridine rings is 1. The molecule has 0 unspecified atom stereocenters. The second-order valence-corrected chi connectivity index (χ2v) is 10.7. The molecule has 6 rings (SSSR count). The zero-order chi connectivity index (χ0) is 26.9. The summed E-state index contributed by atoms with van der Waals surface area (Å²) in [6.07, 6.45) is 7.11. The van der Waals surface area contributed by atoms with Crippen LogP contribution in [0.3, 0.4) is 0 Å². The third-order valence-electron chi connectivity index (χ3n) is 7.73. The third-order valence-corrected chi connectivity index (χ3v) is 7.73. The highest BCUT2D eigenvalue weighted by molar-refractivity contribution is 6.19. The number of ether oxygens (including phenoxy) is 1. The molecule has 3 aromatic rings. The molecule has 2 aliphatic heterocycles. The van der Waals surface area contributed by atoms with Crippen molar-refractivity contribution in [3.05, 3.63) is 47.8 Å². The number of nitrogens with two attached hydrogens (primary N) is 1. The lowest BCUT2D eigenvalue weighted by Gasteiger charge is -2.25. The largest absolute Gasteiger partial charge is 0.477 e. The highest BCUT2D eigenvalue weighted by Gasteiger charge is 2.36. The zero-order valence-electron chi connectivity index (χ0n) is 22.6. The first-order valence-corrected chi connectivity index (χ1v) is 13.9. The van der Waals surface area contributed by atoms with Gasteiger partial charge >= 0.3 is 0 Å². The van der Waals surface area contributed by atoms with Crippen LogP contribution in [0.5, 0.6) is 5.88 Å². The fraction of sp³-hybridized carbons (Fsp3) is 0.448. The van der Waals surface area contributed by atoms with Crippen LogP contribution >= 0.6 is 0 Å². The van der Waals surface area contributed by atoms with Crippen molar-refractivity contribution < 1.29 is 9.53 Å². The van der Waals surface area contributed by atoms with E-state index in [1.165, 1.54) is 12.8 Å². The number of hydrogen-bond donors (Lipinski definition) is 3. The van der Waals surface area contributed by atoms with Gasteiger partial charge in [0, 0.05) is 37.1 Å². The number of anilines is 3. The van der Waals surface area contributed by atoms with E-state index in [0.29, 0.717) is 48.1 Å². The van der Waals surface area contributed by atoms with Crippen LogP contribution in [0.4, 0.5) is 17.1 Å². The minimum absolute atomic E-state index is 0.312. The summed E-state index contributed by atoms with van der Waals surface area (Å²) >= 11 is 0. The van der Waals surface area contributed by atoms with Crippen molar-refractivity contribution >= 4 is 28.9 Å². The van der Waals surface area contributed by atoms with Crippen LogP contribution in [0.1, 0.15) is 48.2 Å². The second-order valence-electron chi connectivity index (χ2n) is 10.7. The first-order valence-electron chi connectivity index (χ1n) is 13.9. The molecule has 10 nitrogen and oxygen atoms in total. The van der Waals surface area contributed by atoms with E-state index < -0.39 is 0 Å². The van der Waals surface area contributed by atoms with E-state index in [1.54, 1.807) is 23.0 Å². The summed E-state index contributed by atoms with van der Waals surface area (Å²) in [5, 5.41) is 11.3. The molecule has 0 radical (unpaired) electrons. The molecule has 1 fully saturated rings. The van der Waals surface area contributed by atoms with Crippen molar-refractivity contribution in [2.75, 3.05) is 41.8 Å². The number of nitrogens with one attached hydrogen (secondary N) is 2. The molecular formula is C29H36N8O2. The summed E-state index contributed by atoms with van der Waals surface area (Å²) < 4.78 is 7.98. The number of carbonyl (C=O) groups excluding carboxylic acids is 1. The lowest BCUT2D eigenvalue weighted by molar-refractivity contribution is 0.100. The van der Waals surface area contributed by atoms with Crippen LogP contribution < -0.4 is 26.0 Å². The average molecular weight is 529 g/mol. The first-order chi connectivity index (χ1) is 19.0. The zero-order valence-corrected chi connectivity index (χ0v) is 22.6. The highest BCUT2D eigenvalue weighted by Crippen LogP contribution is 2.43. The van der Waals surface area contributed by atoms with Gasteiger partial charge in [0.2, 0.25) is 11.8 Å². The fourth-order valence-electron chi connectivity index (χ4n) is 5.55. The normalized spacial score (nSPS) is 20.4. The summed E-state index contributed by atoms with van der Waals surface area (Å²) in [6.45, 7) is 4.74. The number of hydrogen-bond acceptors (Lipinski definition) is 8. The van der Waals surface area contributed by atoms with Crippen LogP contribution in [0.15, 0.2) is 41.5 Å². The van der Waals surface area contributed by atoms with Crippen molar-refractivity contribution in [3.63, 3.8) is 0 Å². The minimum Gasteiger partial charge on any atom is -0.477 e. The van der Waals surface area contributed by atoms with Gasteiger partial charge in [-0.15, -0.1) is 0 Å². The molecule has 39 heavy (non-hydrogen) atoms. The van der Waals surface area contributed by atoms with Crippen molar-refractivity contribution in [2.45, 2.75) is 39.0 Å². The van der Waals surface area contributed by atoms with E-state index in [-0.39, 0.29) is 5.91 Å². The molecule has 4 heterocycles. The molecule has 2 aromatic heterocycles. The lowest BCUT2D eigenvalue weighted by atomic mass is 9.97. The Morgan fingerprint density at radius 3 is 2.87 bits per heavy atom. The molecule has 3 aliphatic rings. The van der Waals surface area contributed by atoms with Crippen LogP contribution in [-0.4, -0.2) is 52.9 Å². The van der Waals surface area contributed by atoms with Gasteiger partial charge in [-0.3, -0.25) is 9.78 Å².